The van der Waals surface area contributed by atoms with Crippen LogP contribution in [0.2, 0.25) is 0 Å². The number of carbonyl (C=O) groups is 1. The summed E-state index contributed by atoms with van der Waals surface area (Å²) in [5, 5.41) is 24.7. The molecule has 0 radical (unpaired) electrons. The van der Waals surface area contributed by atoms with E-state index < -0.39 is 10.8 Å². The molecule has 0 aliphatic rings. The topological polar surface area (TPSA) is 197 Å². The summed E-state index contributed by atoms with van der Waals surface area (Å²) in [6.07, 6.45) is 5.12. The third-order valence-electron chi connectivity index (χ3n) is 6.85. The van der Waals surface area contributed by atoms with Crippen molar-refractivity contribution in [2.24, 2.45) is 0 Å². The first kappa shape index (κ1) is 30.3. The zero-order valence-corrected chi connectivity index (χ0v) is 26.2. The van der Waals surface area contributed by atoms with Gasteiger partial charge in [0.15, 0.2) is 11.6 Å². The molecule has 236 valence electrons. The normalized spacial score (nSPS) is 11.0. The van der Waals surface area contributed by atoms with Gasteiger partial charge in [-0.3, -0.25) is 29.3 Å². The Labute approximate surface area is 277 Å². The lowest BCUT2D eigenvalue weighted by molar-refractivity contribution is -0.385. The predicted octanol–water partition coefficient (Wildman–Crippen LogP) is 5.53. The van der Waals surface area contributed by atoms with Gasteiger partial charge in [-0.05, 0) is 24.3 Å². The maximum atomic E-state index is 11.2. The largest absolute Gasteiger partial charge is 0.305 e. The SMILES string of the molecule is CC(=O)N(O)c1cnc(-n2c(-c3cscn3)nc3ccccc32)nc1.O=[N+]([O-])c1cnc(-n2c(-c3cscn3)nc3ccccc32)nc1. The molecule has 0 saturated carbocycles. The zero-order valence-electron chi connectivity index (χ0n) is 24.6. The first-order valence-corrected chi connectivity index (χ1v) is 15.8. The minimum Gasteiger partial charge on any atom is -0.281 e. The summed E-state index contributed by atoms with van der Waals surface area (Å²) in [5.41, 5.74) is 8.13. The Morgan fingerprint density at radius 1 is 0.750 bits per heavy atom. The van der Waals surface area contributed by atoms with Crippen LogP contribution in [0.15, 0.2) is 95.1 Å². The molecule has 0 unspecified atom stereocenters. The third kappa shape index (κ3) is 5.73. The number of nitro groups is 1. The summed E-state index contributed by atoms with van der Waals surface area (Å²) in [7, 11) is 0. The summed E-state index contributed by atoms with van der Waals surface area (Å²) >= 11 is 2.94. The molecular weight excluding hydrogens is 657 g/mol. The van der Waals surface area contributed by atoms with E-state index in [1.54, 1.807) is 20.2 Å². The van der Waals surface area contributed by atoms with Gasteiger partial charge in [0.1, 0.15) is 29.5 Å². The third-order valence-corrected chi connectivity index (χ3v) is 8.02. The van der Waals surface area contributed by atoms with Crippen LogP contribution in [0.1, 0.15) is 6.92 Å². The van der Waals surface area contributed by atoms with E-state index in [-0.39, 0.29) is 11.4 Å². The Bertz CT molecular complexity index is 2370. The number of carbonyl (C=O) groups excluding carboxylic acids is 1. The van der Waals surface area contributed by atoms with E-state index in [9.17, 15) is 20.1 Å². The number of imidazole rings is 2. The van der Waals surface area contributed by atoms with Crippen molar-refractivity contribution < 1.29 is 14.9 Å². The number of hydrogen-bond acceptors (Lipinski definition) is 14. The lowest BCUT2D eigenvalue weighted by Crippen LogP contribution is -2.24. The average molecular weight is 677 g/mol. The van der Waals surface area contributed by atoms with Crippen LogP contribution in [0.5, 0.6) is 0 Å². The van der Waals surface area contributed by atoms with E-state index in [0.29, 0.717) is 34.3 Å². The van der Waals surface area contributed by atoms with Crippen molar-refractivity contribution in [2.45, 2.75) is 6.92 Å². The van der Waals surface area contributed by atoms with Gasteiger partial charge in [-0.25, -0.2) is 39.9 Å². The van der Waals surface area contributed by atoms with E-state index in [4.69, 9.17) is 0 Å². The number of nitrogens with zero attached hydrogens (tertiary/aromatic N) is 12. The van der Waals surface area contributed by atoms with E-state index in [0.717, 1.165) is 27.8 Å². The molecule has 6 heterocycles. The highest BCUT2D eigenvalue weighted by Crippen LogP contribution is 2.28. The molecule has 48 heavy (non-hydrogen) atoms. The summed E-state index contributed by atoms with van der Waals surface area (Å²) < 4.78 is 3.54. The standard InChI is InChI=1S/C16H12N6O2S.C14H8N6O2S/c1-10(23)22(24)11-6-17-16(18-7-11)21-14-5-3-2-4-12(14)20-15(21)13-8-25-9-19-13;21-20(22)9-5-15-14(16-6-9)19-12-4-2-1-3-10(12)18-13(19)11-7-23-8-17-11/h2-9,24H,1H3;1-8H. The van der Waals surface area contributed by atoms with Gasteiger partial charge < -0.3 is 0 Å². The Kier molecular flexibility index (Phi) is 8.07. The molecule has 8 aromatic rings. The zero-order chi connectivity index (χ0) is 33.2. The monoisotopic (exact) mass is 676 g/mol. The van der Waals surface area contributed by atoms with Crippen molar-refractivity contribution in [2.75, 3.05) is 5.06 Å². The molecule has 0 atom stereocenters. The molecule has 0 fully saturated rings. The van der Waals surface area contributed by atoms with Crippen molar-refractivity contribution in [1.82, 2.24) is 49.0 Å². The van der Waals surface area contributed by atoms with Crippen LogP contribution in [-0.4, -0.2) is 65.0 Å². The molecule has 0 aliphatic carbocycles. The van der Waals surface area contributed by atoms with Gasteiger partial charge in [-0.2, -0.15) is 5.06 Å². The van der Waals surface area contributed by atoms with Gasteiger partial charge in [-0.1, -0.05) is 24.3 Å². The van der Waals surface area contributed by atoms with Crippen molar-refractivity contribution in [3.63, 3.8) is 0 Å². The van der Waals surface area contributed by atoms with Crippen LogP contribution in [0.4, 0.5) is 11.4 Å². The Morgan fingerprint density at radius 3 is 1.62 bits per heavy atom. The molecule has 0 spiro atoms. The number of fused-ring (bicyclic) bond motifs is 2. The van der Waals surface area contributed by atoms with Crippen LogP contribution >= 0.6 is 22.7 Å². The van der Waals surface area contributed by atoms with Crippen LogP contribution in [0.25, 0.3) is 57.0 Å². The number of para-hydroxylation sites is 4. The Morgan fingerprint density at radius 2 is 1.21 bits per heavy atom. The molecule has 6 aromatic heterocycles. The van der Waals surface area contributed by atoms with Gasteiger partial charge in [0, 0.05) is 17.7 Å². The molecule has 1 amide bonds. The van der Waals surface area contributed by atoms with Gasteiger partial charge in [-0.15, -0.1) is 22.7 Å². The van der Waals surface area contributed by atoms with Gasteiger partial charge in [0.05, 0.1) is 50.4 Å². The first-order valence-electron chi connectivity index (χ1n) is 13.9. The first-order chi connectivity index (χ1) is 23.4. The smallest absolute Gasteiger partial charge is 0.281 e. The number of thiazole rings is 2. The molecule has 16 nitrogen and oxygen atoms in total. The van der Waals surface area contributed by atoms with Gasteiger partial charge in [0.25, 0.3) is 0 Å². The predicted molar refractivity (Wildman–Crippen MR) is 177 cm³/mol. The summed E-state index contributed by atoms with van der Waals surface area (Å²) in [6.45, 7) is 1.25. The maximum absolute atomic E-state index is 11.2. The fourth-order valence-corrected chi connectivity index (χ4v) is 5.75. The summed E-state index contributed by atoms with van der Waals surface area (Å²) in [6, 6.07) is 15.2. The van der Waals surface area contributed by atoms with Crippen LogP contribution in [0.3, 0.4) is 0 Å². The number of rotatable bonds is 6. The fourth-order valence-electron chi connectivity index (χ4n) is 4.69. The van der Waals surface area contributed by atoms with E-state index in [1.165, 1.54) is 54.4 Å². The van der Waals surface area contributed by atoms with Gasteiger partial charge >= 0.3 is 5.69 Å². The molecule has 2 aromatic carbocycles. The minimum absolute atomic E-state index is 0.159. The maximum Gasteiger partial charge on any atom is 0.305 e. The lowest BCUT2D eigenvalue weighted by Gasteiger charge is -2.12. The molecule has 18 heteroatoms. The Hall–Kier alpha value is -6.37. The number of hydroxylamine groups is 1. The van der Waals surface area contributed by atoms with Crippen molar-refractivity contribution in [3.8, 4) is 34.9 Å². The highest BCUT2D eigenvalue weighted by molar-refractivity contribution is 7.08. The second kappa shape index (κ2) is 12.8. The van der Waals surface area contributed by atoms with E-state index >= 15 is 0 Å². The van der Waals surface area contributed by atoms with Crippen LogP contribution in [-0.2, 0) is 4.79 Å². The second-order valence-electron chi connectivity index (χ2n) is 9.84. The lowest BCUT2D eigenvalue weighted by atomic mass is 10.3. The quantitative estimate of drug-likeness (QED) is 0.132. The molecule has 0 aliphatic heterocycles. The van der Waals surface area contributed by atoms with Crippen molar-refractivity contribution >= 4 is 62.0 Å². The molecule has 0 saturated heterocycles. The highest BCUT2D eigenvalue weighted by atomic mass is 32.1. The number of aromatic nitrogens is 10. The molecule has 1 N–H and O–H groups in total. The van der Waals surface area contributed by atoms with Crippen molar-refractivity contribution in [3.05, 3.63) is 105 Å². The molecule has 8 rings (SSSR count). The molecular formula is C30H20N12O4S2. The number of hydrogen-bond donors (Lipinski definition) is 1. The summed E-state index contributed by atoms with van der Waals surface area (Å²) in [4.78, 5) is 56.1. The van der Waals surface area contributed by atoms with Crippen LogP contribution in [0, 0.1) is 10.1 Å². The minimum atomic E-state index is -0.531. The number of benzene rings is 2. The number of amides is 1. The highest BCUT2D eigenvalue weighted by Gasteiger charge is 2.19. The Balaban J connectivity index is 0.000000152. The van der Waals surface area contributed by atoms with E-state index in [1.807, 2.05) is 59.3 Å². The average Bonchev–Trinajstić information content (AvgIpc) is 3.94. The fraction of sp³-hybridized carbons (Fsp3) is 0.0333. The molecule has 0 bridgehead atoms. The van der Waals surface area contributed by atoms with E-state index in [2.05, 4.69) is 39.9 Å². The summed E-state index contributed by atoms with van der Waals surface area (Å²) in [5.74, 6) is 1.39. The van der Waals surface area contributed by atoms with Crippen LogP contribution < -0.4 is 5.06 Å². The second-order valence-corrected chi connectivity index (χ2v) is 11.3. The van der Waals surface area contributed by atoms with Crippen molar-refractivity contribution in [1.29, 1.82) is 0 Å². The van der Waals surface area contributed by atoms with Gasteiger partial charge in [0.2, 0.25) is 17.8 Å². The number of anilines is 1.